The second-order valence-corrected chi connectivity index (χ2v) is 8.79. The Balaban J connectivity index is 1.80. The molecule has 3 aliphatic rings. The van der Waals surface area contributed by atoms with E-state index in [9.17, 15) is 15.4 Å². The molecule has 1 aromatic rings. The van der Waals surface area contributed by atoms with Crippen LogP contribution in [0.25, 0.3) is 0 Å². The fourth-order valence-corrected chi connectivity index (χ4v) is 5.04. The number of nitro groups is 1. The lowest BCUT2D eigenvalue weighted by Crippen LogP contribution is -2.49. The molecule has 144 valence electrons. The third kappa shape index (κ3) is 3.12. The SMILES string of the molecule is CC1(C)Cc2cc([N+](=O)[O-])c(N3CCCC4(CCNCC4)C3)c(C#N)c2O1. The molecule has 0 atom stereocenters. The molecule has 0 unspecified atom stereocenters. The standard InChI is InChI=1S/C20H26N4O3/c1-19(2)11-14-10-16(24(25)26)17(15(12-21)18(14)27-19)23-9-3-4-20(13-23)5-7-22-8-6-20/h10,22H,3-9,11,13H2,1-2H3. The molecule has 0 aliphatic carbocycles. The molecule has 3 aliphatic heterocycles. The normalized spacial score (nSPS) is 22.8. The predicted octanol–water partition coefficient (Wildman–Crippen LogP) is 3.15. The zero-order chi connectivity index (χ0) is 19.2. The summed E-state index contributed by atoms with van der Waals surface area (Å²) < 4.78 is 6.04. The number of hydrogen-bond donors (Lipinski definition) is 1. The first-order valence-electron chi connectivity index (χ1n) is 9.73. The summed E-state index contributed by atoms with van der Waals surface area (Å²) in [6.07, 6.45) is 4.87. The number of piperidine rings is 2. The third-order valence-electron chi connectivity index (χ3n) is 6.25. The van der Waals surface area contributed by atoms with Crippen molar-refractivity contribution in [2.24, 2.45) is 5.41 Å². The highest BCUT2D eigenvalue weighted by Gasteiger charge is 2.42. The van der Waals surface area contributed by atoms with Crippen LogP contribution in [0.15, 0.2) is 6.07 Å². The van der Waals surface area contributed by atoms with E-state index in [-0.39, 0.29) is 16.0 Å². The Bertz CT molecular complexity index is 816. The van der Waals surface area contributed by atoms with Gasteiger partial charge in [0.2, 0.25) is 0 Å². The highest BCUT2D eigenvalue weighted by molar-refractivity contribution is 5.78. The van der Waals surface area contributed by atoms with E-state index in [1.165, 1.54) is 0 Å². The van der Waals surface area contributed by atoms with Crippen LogP contribution in [0.3, 0.4) is 0 Å². The van der Waals surface area contributed by atoms with E-state index in [0.717, 1.165) is 57.4 Å². The van der Waals surface area contributed by atoms with Crippen molar-refractivity contribution in [3.05, 3.63) is 27.3 Å². The van der Waals surface area contributed by atoms with Gasteiger partial charge < -0.3 is 15.0 Å². The maximum Gasteiger partial charge on any atom is 0.294 e. The number of nitrogens with zero attached hydrogens (tertiary/aromatic N) is 3. The van der Waals surface area contributed by atoms with Crippen molar-refractivity contribution >= 4 is 11.4 Å². The Morgan fingerprint density at radius 1 is 1.33 bits per heavy atom. The Hall–Kier alpha value is -2.33. The van der Waals surface area contributed by atoms with E-state index in [1.54, 1.807) is 6.07 Å². The van der Waals surface area contributed by atoms with Crippen LogP contribution in [0.5, 0.6) is 5.75 Å². The number of nitriles is 1. The largest absolute Gasteiger partial charge is 0.486 e. The number of nitro benzene ring substituents is 1. The second kappa shape index (κ2) is 6.38. The van der Waals surface area contributed by atoms with Gasteiger partial charge >= 0.3 is 0 Å². The molecule has 7 heteroatoms. The molecule has 1 N–H and O–H groups in total. The molecule has 0 aromatic heterocycles. The van der Waals surface area contributed by atoms with Crippen molar-refractivity contribution in [3.8, 4) is 11.8 Å². The summed E-state index contributed by atoms with van der Waals surface area (Å²) in [6, 6.07) is 3.86. The van der Waals surface area contributed by atoms with Crippen LogP contribution < -0.4 is 15.0 Å². The highest BCUT2D eigenvalue weighted by Crippen LogP contribution is 2.48. The average Bonchev–Trinajstić information content (AvgIpc) is 2.94. The molecule has 2 fully saturated rings. The van der Waals surface area contributed by atoms with E-state index in [0.29, 0.717) is 23.4 Å². The summed E-state index contributed by atoms with van der Waals surface area (Å²) >= 11 is 0. The summed E-state index contributed by atoms with van der Waals surface area (Å²) in [5, 5.41) is 25.2. The smallest absolute Gasteiger partial charge is 0.294 e. The van der Waals surface area contributed by atoms with Crippen LogP contribution in [0.4, 0.5) is 11.4 Å². The van der Waals surface area contributed by atoms with Gasteiger partial charge in [-0.3, -0.25) is 10.1 Å². The van der Waals surface area contributed by atoms with Gasteiger partial charge in [0.1, 0.15) is 28.7 Å². The van der Waals surface area contributed by atoms with E-state index in [1.807, 2.05) is 13.8 Å². The number of nitrogens with one attached hydrogen (secondary N) is 1. The monoisotopic (exact) mass is 370 g/mol. The number of anilines is 1. The lowest BCUT2D eigenvalue weighted by Gasteiger charge is -2.46. The van der Waals surface area contributed by atoms with Crippen LogP contribution in [0.1, 0.15) is 50.7 Å². The maximum atomic E-state index is 11.9. The number of hydrogen-bond acceptors (Lipinski definition) is 6. The topological polar surface area (TPSA) is 91.4 Å². The van der Waals surface area contributed by atoms with E-state index in [2.05, 4.69) is 16.3 Å². The van der Waals surface area contributed by atoms with E-state index < -0.39 is 5.60 Å². The summed E-state index contributed by atoms with van der Waals surface area (Å²) in [5.41, 5.74) is 1.33. The second-order valence-electron chi connectivity index (χ2n) is 8.79. The summed E-state index contributed by atoms with van der Waals surface area (Å²) in [6.45, 7) is 7.39. The predicted molar refractivity (Wildman–Crippen MR) is 102 cm³/mol. The van der Waals surface area contributed by atoms with Gasteiger partial charge in [0.15, 0.2) is 0 Å². The molecule has 7 nitrogen and oxygen atoms in total. The molecule has 27 heavy (non-hydrogen) atoms. The van der Waals surface area contributed by atoms with Gasteiger partial charge in [0, 0.05) is 31.1 Å². The van der Waals surface area contributed by atoms with Crippen LogP contribution in [0, 0.1) is 26.9 Å². The molecule has 3 heterocycles. The molecule has 0 radical (unpaired) electrons. The zero-order valence-electron chi connectivity index (χ0n) is 16.0. The zero-order valence-corrected chi connectivity index (χ0v) is 16.0. The Labute approximate surface area is 159 Å². The maximum absolute atomic E-state index is 11.9. The van der Waals surface area contributed by atoms with Gasteiger partial charge in [0.25, 0.3) is 5.69 Å². The third-order valence-corrected chi connectivity index (χ3v) is 6.25. The van der Waals surface area contributed by atoms with Crippen molar-refractivity contribution in [1.29, 1.82) is 5.26 Å². The fourth-order valence-electron chi connectivity index (χ4n) is 5.04. The summed E-state index contributed by atoms with van der Waals surface area (Å²) in [4.78, 5) is 13.6. The molecule has 1 spiro atoms. The van der Waals surface area contributed by atoms with Gasteiger partial charge in [-0.25, -0.2) is 0 Å². The highest BCUT2D eigenvalue weighted by atomic mass is 16.6. The number of benzene rings is 1. The molecule has 1 aromatic carbocycles. The van der Waals surface area contributed by atoms with Crippen LogP contribution in [-0.4, -0.2) is 36.7 Å². The Morgan fingerprint density at radius 3 is 2.74 bits per heavy atom. The molecular formula is C20H26N4O3. The molecule has 0 bridgehead atoms. The summed E-state index contributed by atoms with van der Waals surface area (Å²) in [7, 11) is 0. The van der Waals surface area contributed by atoms with Crippen molar-refractivity contribution in [3.63, 3.8) is 0 Å². The minimum absolute atomic E-state index is 0.0394. The van der Waals surface area contributed by atoms with Crippen LogP contribution in [-0.2, 0) is 6.42 Å². The van der Waals surface area contributed by atoms with Gasteiger partial charge in [-0.2, -0.15) is 5.26 Å². The lowest BCUT2D eigenvalue weighted by molar-refractivity contribution is -0.384. The minimum atomic E-state index is -0.446. The van der Waals surface area contributed by atoms with Gasteiger partial charge in [-0.05, 0) is 58.0 Å². The first-order valence-corrected chi connectivity index (χ1v) is 9.73. The minimum Gasteiger partial charge on any atom is -0.486 e. The van der Waals surface area contributed by atoms with Crippen molar-refractivity contribution in [2.75, 3.05) is 31.1 Å². The lowest BCUT2D eigenvalue weighted by atomic mass is 9.72. The molecule has 0 amide bonds. The number of ether oxygens (including phenoxy) is 1. The Kier molecular flexibility index (Phi) is 4.26. The summed E-state index contributed by atoms with van der Waals surface area (Å²) in [5.74, 6) is 0.535. The van der Waals surface area contributed by atoms with Crippen LogP contribution >= 0.6 is 0 Å². The van der Waals surface area contributed by atoms with Crippen molar-refractivity contribution in [2.45, 2.75) is 51.6 Å². The average molecular weight is 370 g/mol. The van der Waals surface area contributed by atoms with Crippen molar-refractivity contribution < 1.29 is 9.66 Å². The quantitative estimate of drug-likeness (QED) is 0.635. The molecule has 2 saturated heterocycles. The first kappa shape index (κ1) is 18.1. The van der Waals surface area contributed by atoms with Gasteiger partial charge in [0.05, 0.1) is 4.92 Å². The number of fused-ring (bicyclic) bond motifs is 1. The van der Waals surface area contributed by atoms with E-state index in [4.69, 9.17) is 4.74 Å². The van der Waals surface area contributed by atoms with Crippen LogP contribution in [0.2, 0.25) is 0 Å². The molecular weight excluding hydrogens is 344 g/mol. The number of rotatable bonds is 2. The molecule has 4 rings (SSSR count). The van der Waals surface area contributed by atoms with Gasteiger partial charge in [-0.15, -0.1) is 0 Å². The Morgan fingerprint density at radius 2 is 2.07 bits per heavy atom. The fraction of sp³-hybridized carbons (Fsp3) is 0.650. The van der Waals surface area contributed by atoms with Gasteiger partial charge in [-0.1, -0.05) is 0 Å². The first-order chi connectivity index (χ1) is 12.8. The molecule has 0 saturated carbocycles. The van der Waals surface area contributed by atoms with E-state index >= 15 is 0 Å². The van der Waals surface area contributed by atoms with Crippen molar-refractivity contribution in [1.82, 2.24) is 5.32 Å².